The molecule has 2 heterocycles. The van der Waals surface area contributed by atoms with Crippen LogP contribution in [-0.4, -0.2) is 41.1 Å². The second-order valence-electron chi connectivity index (χ2n) is 3.22. The van der Waals surface area contributed by atoms with Gasteiger partial charge in [0.05, 0.1) is 32.1 Å². The predicted molar refractivity (Wildman–Crippen MR) is 48.7 cm³/mol. The van der Waals surface area contributed by atoms with E-state index in [9.17, 15) is 4.79 Å². The van der Waals surface area contributed by atoms with Gasteiger partial charge >= 0.3 is 0 Å². The first-order valence-corrected chi connectivity index (χ1v) is 4.58. The molecule has 0 amide bonds. The van der Waals surface area contributed by atoms with Crippen LogP contribution in [0.3, 0.4) is 0 Å². The fourth-order valence-electron chi connectivity index (χ4n) is 1.40. The molecule has 1 aromatic rings. The Morgan fingerprint density at radius 3 is 3.36 bits per heavy atom. The lowest BCUT2D eigenvalue weighted by Gasteiger charge is -2.22. The molecule has 1 atom stereocenters. The van der Waals surface area contributed by atoms with Crippen molar-refractivity contribution in [3.8, 4) is 0 Å². The van der Waals surface area contributed by atoms with Crippen molar-refractivity contribution in [3.05, 3.63) is 18.7 Å². The highest BCUT2D eigenvalue weighted by Crippen LogP contribution is 1.97. The van der Waals surface area contributed by atoms with Crippen molar-refractivity contribution >= 4 is 5.78 Å². The third kappa shape index (κ3) is 2.18. The SMILES string of the molecule is O=C(Cn1c[c]nc1)C1COCCN1. The smallest absolute Gasteiger partial charge is 0.171 e. The van der Waals surface area contributed by atoms with Gasteiger partial charge in [0.2, 0.25) is 0 Å². The first kappa shape index (κ1) is 9.36. The van der Waals surface area contributed by atoms with Crippen LogP contribution in [0, 0.1) is 6.20 Å². The summed E-state index contributed by atoms with van der Waals surface area (Å²) in [6.07, 6.45) is 5.89. The van der Waals surface area contributed by atoms with Gasteiger partial charge in [0.1, 0.15) is 6.20 Å². The Morgan fingerprint density at radius 1 is 1.79 bits per heavy atom. The minimum atomic E-state index is -0.175. The third-order valence-corrected chi connectivity index (χ3v) is 2.15. The molecular weight excluding hydrogens is 182 g/mol. The number of hydrogen-bond donors (Lipinski definition) is 1. The molecule has 1 saturated heterocycles. The van der Waals surface area contributed by atoms with Crippen LogP contribution in [0.5, 0.6) is 0 Å². The Hall–Kier alpha value is -1.20. The van der Waals surface area contributed by atoms with Gasteiger partial charge in [-0.2, -0.15) is 0 Å². The van der Waals surface area contributed by atoms with E-state index >= 15 is 0 Å². The lowest BCUT2D eigenvalue weighted by Crippen LogP contribution is -2.47. The number of carbonyl (C=O) groups excluding carboxylic acids is 1. The second-order valence-corrected chi connectivity index (χ2v) is 3.22. The number of rotatable bonds is 3. The monoisotopic (exact) mass is 194 g/mol. The van der Waals surface area contributed by atoms with E-state index in [0.29, 0.717) is 19.8 Å². The number of ketones is 1. The van der Waals surface area contributed by atoms with Gasteiger partial charge < -0.3 is 14.6 Å². The van der Waals surface area contributed by atoms with Crippen molar-refractivity contribution < 1.29 is 9.53 Å². The first-order chi connectivity index (χ1) is 6.86. The maximum Gasteiger partial charge on any atom is 0.171 e. The van der Waals surface area contributed by atoms with Crippen LogP contribution in [0.25, 0.3) is 0 Å². The molecule has 75 valence electrons. The maximum atomic E-state index is 11.7. The summed E-state index contributed by atoms with van der Waals surface area (Å²) < 4.78 is 6.91. The van der Waals surface area contributed by atoms with E-state index in [1.165, 1.54) is 0 Å². The number of Topliss-reactive ketones (excluding diaryl/α,β-unsaturated/α-hetero) is 1. The van der Waals surface area contributed by atoms with Crippen LogP contribution in [0.4, 0.5) is 0 Å². The summed E-state index contributed by atoms with van der Waals surface area (Å²) >= 11 is 0. The molecule has 0 aliphatic carbocycles. The number of imidazole rings is 1. The van der Waals surface area contributed by atoms with E-state index in [-0.39, 0.29) is 11.8 Å². The third-order valence-electron chi connectivity index (χ3n) is 2.15. The molecule has 5 heteroatoms. The van der Waals surface area contributed by atoms with E-state index in [0.717, 1.165) is 6.54 Å². The van der Waals surface area contributed by atoms with Crippen molar-refractivity contribution in [2.24, 2.45) is 0 Å². The molecule has 14 heavy (non-hydrogen) atoms. The Kier molecular flexibility index (Phi) is 2.90. The number of nitrogens with one attached hydrogen (secondary N) is 1. The lowest BCUT2D eigenvalue weighted by atomic mass is 10.2. The summed E-state index contributed by atoms with van der Waals surface area (Å²) in [5, 5.41) is 3.11. The highest BCUT2D eigenvalue weighted by Gasteiger charge is 2.20. The summed E-state index contributed by atoms with van der Waals surface area (Å²) in [5.74, 6) is 0.121. The topological polar surface area (TPSA) is 56.2 Å². The number of carbonyl (C=O) groups is 1. The molecule has 1 unspecified atom stereocenters. The highest BCUT2D eigenvalue weighted by atomic mass is 16.5. The fraction of sp³-hybridized carbons (Fsp3) is 0.556. The predicted octanol–water partition coefficient (Wildman–Crippen LogP) is -0.759. The number of hydrogen-bond acceptors (Lipinski definition) is 4. The molecule has 0 bridgehead atoms. The second kappa shape index (κ2) is 4.34. The van der Waals surface area contributed by atoms with Crippen molar-refractivity contribution in [2.75, 3.05) is 19.8 Å². The van der Waals surface area contributed by atoms with Crippen LogP contribution < -0.4 is 5.32 Å². The summed E-state index contributed by atoms with van der Waals surface area (Å²) in [6.45, 7) is 2.23. The summed E-state index contributed by atoms with van der Waals surface area (Å²) in [5.41, 5.74) is 0. The average molecular weight is 194 g/mol. The molecule has 1 fully saturated rings. The molecule has 2 rings (SSSR count). The largest absolute Gasteiger partial charge is 0.378 e. The lowest BCUT2D eigenvalue weighted by molar-refractivity contribution is -0.124. The number of nitrogens with zero attached hydrogens (tertiary/aromatic N) is 2. The Morgan fingerprint density at radius 2 is 2.71 bits per heavy atom. The standard InChI is InChI=1S/C9H12N3O2/c13-9(5-12-3-1-10-7-12)8-6-14-4-2-11-8/h3,7-8,11H,2,4-6H2. The van der Waals surface area contributed by atoms with Gasteiger partial charge in [-0.1, -0.05) is 0 Å². The number of ether oxygens (including phenoxy) is 1. The van der Waals surface area contributed by atoms with E-state index in [1.54, 1.807) is 17.1 Å². The zero-order chi connectivity index (χ0) is 9.80. The van der Waals surface area contributed by atoms with Crippen LogP contribution in [0.2, 0.25) is 0 Å². The fourth-order valence-corrected chi connectivity index (χ4v) is 1.40. The zero-order valence-electron chi connectivity index (χ0n) is 7.77. The normalized spacial score (nSPS) is 22.1. The number of morpholine rings is 1. The molecule has 0 spiro atoms. The van der Waals surface area contributed by atoms with E-state index in [2.05, 4.69) is 16.5 Å². The molecule has 1 aliphatic heterocycles. The number of aromatic nitrogens is 2. The average Bonchev–Trinajstić information content (AvgIpc) is 2.72. The minimum Gasteiger partial charge on any atom is -0.378 e. The summed E-state index contributed by atoms with van der Waals surface area (Å²) in [6, 6.07) is -0.175. The first-order valence-electron chi connectivity index (χ1n) is 4.58. The van der Waals surface area contributed by atoms with E-state index < -0.39 is 0 Å². The molecule has 1 radical (unpaired) electrons. The minimum absolute atomic E-state index is 0.121. The van der Waals surface area contributed by atoms with Gasteiger partial charge in [0, 0.05) is 12.7 Å². The Balaban J connectivity index is 1.88. The van der Waals surface area contributed by atoms with Gasteiger partial charge in [-0.05, 0) is 0 Å². The molecule has 5 nitrogen and oxygen atoms in total. The van der Waals surface area contributed by atoms with Crippen molar-refractivity contribution in [3.63, 3.8) is 0 Å². The molecule has 0 aromatic carbocycles. The zero-order valence-corrected chi connectivity index (χ0v) is 7.77. The molecule has 1 aromatic heterocycles. The Bertz CT molecular complexity index is 291. The van der Waals surface area contributed by atoms with Crippen molar-refractivity contribution in [1.82, 2.24) is 14.9 Å². The van der Waals surface area contributed by atoms with Crippen molar-refractivity contribution in [2.45, 2.75) is 12.6 Å². The van der Waals surface area contributed by atoms with Gasteiger partial charge in [0.15, 0.2) is 5.78 Å². The van der Waals surface area contributed by atoms with Crippen LogP contribution in [0.1, 0.15) is 0 Å². The van der Waals surface area contributed by atoms with Crippen LogP contribution >= 0.6 is 0 Å². The Labute approximate surface area is 82.1 Å². The van der Waals surface area contributed by atoms with Crippen molar-refractivity contribution in [1.29, 1.82) is 0 Å². The molecular formula is C9H12N3O2. The quantitative estimate of drug-likeness (QED) is 0.687. The van der Waals surface area contributed by atoms with Gasteiger partial charge in [0.25, 0.3) is 0 Å². The van der Waals surface area contributed by atoms with E-state index in [4.69, 9.17) is 4.74 Å². The molecule has 1 N–H and O–H groups in total. The summed E-state index contributed by atoms with van der Waals surface area (Å²) in [4.78, 5) is 15.4. The van der Waals surface area contributed by atoms with E-state index in [1.807, 2.05) is 0 Å². The van der Waals surface area contributed by atoms with Gasteiger partial charge in [-0.3, -0.25) is 4.79 Å². The van der Waals surface area contributed by atoms with Crippen LogP contribution in [-0.2, 0) is 16.1 Å². The summed E-state index contributed by atoms with van der Waals surface area (Å²) in [7, 11) is 0. The van der Waals surface area contributed by atoms with Gasteiger partial charge in [-0.25, -0.2) is 4.98 Å². The maximum absolute atomic E-state index is 11.7. The molecule has 0 saturated carbocycles. The van der Waals surface area contributed by atoms with Crippen LogP contribution in [0.15, 0.2) is 12.5 Å². The molecule has 1 aliphatic rings. The van der Waals surface area contributed by atoms with Gasteiger partial charge in [-0.15, -0.1) is 0 Å². The highest BCUT2D eigenvalue weighted by molar-refractivity contribution is 5.84.